The molecule has 0 aliphatic rings. The molecule has 10 nitrogen and oxygen atoms in total. The molecule has 1 unspecified atom stereocenters. The van der Waals surface area contributed by atoms with E-state index in [-0.39, 0.29) is 33.4 Å². The first-order valence-electron chi connectivity index (χ1n) is 13.6. The van der Waals surface area contributed by atoms with Crippen LogP contribution in [-0.4, -0.2) is 39.8 Å². The molecule has 0 saturated carbocycles. The highest BCUT2D eigenvalue weighted by Gasteiger charge is 2.22. The van der Waals surface area contributed by atoms with Gasteiger partial charge in [0.2, 0.25) is 0 Å². The topological polar surface area (TPSA) is 136 Å². The minimum atomic E-state index is -3.28. The van der Waals surface area contributed by atoms with Gasteiger partial charge in [0.25, 0.3) is 5.91 Å². The molecule has 232 valence electrons. The molecule has 3 amide bonds. The average molecular weight is 624 g/mol. The van der Waals surface area contributed by atoms with E-state index in [0.717, 1.165) is 0 Å². The number of hydrogen-bond donors (Lipinski definition) is 2. The summed E-state index contributed by atoms with van der Waals surface area (Å²) in [5.41, 5.74) is 0.760. The molecule has 1 aromatic heterocycles. The number of anilines is 2. The summed E-state index contributed by atoms with van der Waals surface area (Å²) in [7, 11) is -3.28. The highest BCUT2D eigenvalue weighted by molar-refractivity contribution is 7.93. The van der Waals surface area contributed by atoms with E-state index in [4.69, 9.17) is 13.9 Å². The second-order valence-electron chi connectivity index (χ2n) is 12.0. The summed E-state index contributed by atoms with van der Waals surface area (Å²) in [6, 6.07) is 16.9. The molecule has 0 aliphatic heterocycles. The van der Waals surface area contributed by atoms with Crippen molar-refractivity contribution in [3.8, 4) is 11.1 Å². The Kier molecular flexibility index (Phi) is 8.87. The maximum absolute atomic E-state index is 13.5. The van der Waals surface area contributed by atoms with E-state index in [1.54, 1.807) is 84.0 Å². The fourth-order valence-electron chi connectivity index (χ4n) is 3.99. The lowest BCUT2D eigenvalue weighted by atomic mass is 10.0. The van der Waals surface area contributed by atoms with Gasteiger partial charge in [-0.1, -0.05) is 24.3 Å². The third kappa shape index (κ3) is 8.44. The Hall–Kier alpha value is -4.71. The number of carbonyl (C=O) groups excluding carboxylic acids is 3. The molecule has 3 aromatic carbocycles. The summed E-state index contributed by atoms with van der Waals surface area (Å²) >= 11 is 0. The molecule has 2 N–H and O–H groups in total. The van der Waals surface area contributed by atoms with Crippen molar-refractivity contribution in [1.82, 2.24) is 0 Å². The molecule has 4 rings (SSSR count). The molecule has 0 radical (unpaired) electrons. The van der Waals surface area contributed by atoms with Crippen LogP contribution in [-0.2, 0) is 19.2 Å². The van der Waals surface area contributed by atoms with Crippen LogP contribution in [0.25, 0.3) is 22.1 Å². The molecule has 4 aromatic rings. The molecular weight excluding hydrogens is 589 g/mol. The van der Waals surface area contributed by atoms with Crippen LogP contribution >= 0.6 is 0 Å². The average Bonchev–Trinajstić information content (AvgIpc) is 3.32. The first-order chi connectivity index (χ1) is 20.4. The van der Waals surface area contributed by atoms with Crippen LogP contribution in [0, 0.1) is 5.82 Å². The Morgan fingerprint density at radius 2 is 1.43 bits per heavy atom. The number of rotatable bonds is 5. The number of nitrogens with one attached hydrogen (secondary N) is 2. The Labute approximate surface area is 255 Å². The molecule has 0 spiro atoms. The Morgan fingerprint density at radius 1 is 0.795 bits per heavy atom. The number of amides is 3. The maximum Gasteiger partial charge on any atom is 0.442 e. The lowest BCUT2D eigenvalue weighted by Crippen LogP contribution is -2.27. The summed E-state index contributed by atoms with van der Waals surface area (Å²) in [5, 5.41) is 5.95. The van der Waals surface area contributed by atoms with E-state index in [1.165, 1.54) is 30.5 Å². The summed E-state index contributed by atoms with van der Waals surface area (Å²) in [6.45, 7) is 10.2. The van der Waals surface area contributed by atoms with Gasteiger partial charge in [0.15, 0.2) is 5.09 Å². The van der Waals surface area contributed by atoms with Gasteiger partial charge in [-0.05, 0) is 89.1 Å². The van der Waals surface area contributed by atoms with Crippen LogP contribution in [0.1, 0.15) is 51.9 Å². The van der Waals surface area contributed by atoms with Crippen LogP contribution in [0.3, 0.4) is 0 Å². The van der Waals surface area contributed by atoms with Crippen LogP contribution in [0.2, 0.25) is 0 Å². The monoisotopic (exact) mass is 623 g/mol. The van der Waals surface area contributed by atoms with Gasteiger partial charge in [0.05, 0.1) is 11.4 Å². The molecular formula is C32H34FN3O7S. The van der Waals surface area contributed by atoms with Gasteiger partial charge in [-0.3, -0.25) is 10.1 Å². The van der Waals surface area contributed by atoms with Gasteiger partial charge in [-0.2, -0.15) is 0 Å². The molecule has 44 heavy (non-hydrogen) atoms. The third-order valence-corrected chi connectivity index (χ3v) is 7.30. The van der Waals surface area contributed by atoms with Gasteiger partial charge in [0.1, 0.15) is 32.3 Å². The first-order valence-corrected chi connectivity index (χ1v) is 15.5. The summed E-state index contributed by atoms with van der Waals surface area (Å²) < 4.78 is 46.7. The minimum absolute atomic E-state index is 0.0493. The normalized spacial score (nSPS) is 13.1. The van der Waals surface area contributed by atoms with Crippen LogP contribution in [0.15, 0.2) is 80.6 Å². The summed E-state index contributed by atoms with van der Waals surface area (Å²) in [6.07, 6.45) is -0.438. The minimum Gasteiger partial charge on any atom is -0.446 e. The molecule has 12 heteroatoms. The van der Waals surface area contributed by atoms with Gasteiger partial charge in [-0.15, -0.1) is 4.36 Å². The first kappa shape index (κ1) is 32.2. The highest BCUT2D eigenvalue weighted by Crippen LogP contribution is 2.31. The van der Waals surface area contributed by atoms with Crippen molar-refractivity contribution in [1.29, 1.82) is 0 Å². The van der Waals surface area contributed by atoms with Gasteiger partial charge >= 0.3 is 12.2 Å². The number of benzene rings is 3. The van der Waals surface area contributed by atoms with E-state index in [0.29, 0.717) is 16.5 Å². The summed E-state index contributed by atoms with van der Waals surface area (Å²) in [4.78, 5) is 38.1. The zero-order valence-electron chi connectivity index (χ0n) is 25.4. The third-order valence-electron chi connectivity index (χ3n) is 5.86. The molecule has 1 atom stereocenters. The van der Waals surface area contributed by atoms with E-state index in [1.807, 2.05) is 0 Å². The van der Waals surface area contributed by atoms with Crippen molar-refractivity contribution >= 4 is 50.2 Å². The predicted molar refractivity (Wildman–Crippen MR) is 167 cm³/mol. The van der Waals surface area contributed by atoms with Gasteiger partial charge in [0, 0.05) is 23.3 Å². The van der Waals surface area contributed by atoms with Crippen molar-refractivity contribution in [2.45, 2.75) is 57.8 Å². The SMILES string of the molecule is CC(C)(C)OC(=O)N=S(C)(=O)c1cc2ccc(C(=O)Nc3cc(-c4ccc(F)cc4)ccc3NC(=O)OC(C)(C)C)cc2o1. The predicted octanol–water partition coefficient (Wildman–Crippen LogP) is 8.23. The lowest BCUT2D eigenvalue weighted by Gasteiger charge is -2.21. The fourth-order valence-corrected chi connectivity index (χ4v) is 4.99. The maximum atomic E-state index is 13.5. The standard InChI is InChI=1S/C32H34FN3O7S/c1-31(2,3)42-29(38)35-24-15-12-20(19-10-13-23(33)14-11-19)16-25(24)34-28(37)22-9-8-21-18-27(41-26(21)17-22)44(7,40)36-30(39)43-32(4,5)6/h8-18H,1-7H3,(H,34,37)(H,35,38). The Morgan fingerprint density at radius 3 is 2.07 bits per heavy atom. The Balaban J connectivity index is 1.65. The largest absolute Gasteiger partial charge is 0.446 e. The number of nitrogens with zero attached hydrogens (tertiary/aromatic N) is 1. The zero-order valence-corrected chi connectivity index (χ0v) is 26.3. The number of ether oxygens (including phenoxy) is 2. The zero-order chi connectivity index (χ0) is 32.4. The molecule has 0 aliphatic carbocycles. The molecule has 0 bridgehead atoms. The van der Waals surface area contributed by atoms with Crippen molar-refractivity contribution in [2.24, 2.45) is 4.36 Å². The van der Waals surface area contributed by atoms with Crippen molar-refractivity contribution in [2.75, 3.05) is 16.9 Å². The van der Waals surface area contributed by atoms with Crippen molar-refractivity contribution < 1.29 is 36.9 Å². The number of halogens is 1. The lowest BCUT2D eigenvalue weighted by molar-refractivity contribution is 0.0603. The van der Waals surface area contributed by atoms with E-state index in [9.17, 15) is 23.0 Å². The summed E-state index contributed by atoms with van der Waals surface area (Å²) in [5.74, 6) is -0.927. The van der Waals surface area contributed by atoms with Gasteiger partial charge in [-0.25, -0.2) is 18.2 Å². The Bertz CT molecular complexity index is 1860. The highest BCUT2D eigenvalue weighted by atomic mass is 32.2. The molecule has 0 saturated heterocycles. The fraction of sp³-hybridized carbons (Fsp3) is 0.281. The van der Waals surface area contributed by atoms with Crippen molar-refractivity contribution in [3.05, 3.63) is 78.1 Å². The van der Waals surface area contributed by atoms with E-state index < -0.39 is 39.0 Å². The second-order valence-corrected chi connectivity index (χ2v) is 14.2. The van der Waals surface area contributed by atoms with Crippen LogP contribution in [0.5, 0.6) is 0 Å². The molecule has 1 heterocycles. The smallest absolute Gasteiger partial charge is 0.442 e. The number of furan rings is 1. The second kappa shape index (κ2) is 12.1. The number of fused-ring (bicyclic) bond motifs is 1. The van der Waals surface area contributed by atoms with Crippen LogP contribution in [0.4, 0.5) is 25.4 Å². The van der Waals surface area contributed by atoms with E-state index >= 15 is 0 Å². The van der Waals surface area contributed by atoms with Gasteiger partial charge < -0.3 is 19.2 Å². The number of hydrogen-bond acceptors (Lipinski definition) is 7. The van der Waals surface area contributed by atoms with E-state index in [2.05, 4.69) is 15.0 Å². The quantitative estimate of drug-likeness (QED) is 0.228. The molecule has 0 fully saturated rings. The van der Waals surface area contributed by atoms with Crippen molar-refractivity contribution in [3.63, 3.8) is 0 Å². The number of carbonyl (C=O) groups is 3. The van der Waals surface area contributed by atoms with Crippen LogP contribution < -0.4 is 10.6 Å².